The Kier molecular flexibility index (Phi) is 4.05. The molecule has 0 unspecified atom stereocenters. The maximum Gasteiger partial charge on any atom is 0.341 e. The molecule has 1 heterocycles. The van der Waals surface area contributed by atoms with Crippen molar-refractivity contribution in [2.75, 3.05) is 18.2 Å². The number of esters is 1. The molecule has 0 fully saturated rings. The van der Waals surface area contributed by atoms with Crippen molar-refractivity contribution < 1.29 is 13.9 Å². The van der Waals surface area contributed by atoms with Gasteiger partial charge in [-0.2, -0.15) is 0 Å². The zero-order valence-electron chi connectivity index (χ0n) is 10.5. The fourth-order valence-electron chi connectivity index (χ4n) is 1.61. The number of aromatic nitrogens is 1. The highest BCUT2D eigenvalue weighted by Crippen LogP contribution is 2.24. The smallest absolute Gasteiger partial charge is 0.341 e. The number of nitrogens with one attached hydrogen (secondary N) is 1. The number of methoxy groups -OCH3 is 1. The molecule has 0 radical (unpaired) electrons. The van der Waals surface area contributed by atoms with Crippen LogP contribution in [0.2, 0.25) is 5.02 Å². The van der Waals surface area contributed by atoms with Gasteiger partial charge in [-0.3, -0.25) is 0 Å². The number of carbonyl (C=O) groups is 1. The van der Waals surface area contributed by atoms with Gasteiger partial charge in [0.25, 0.3) is 0 Å². The average Bonchev–Trinajstić information content (AvgIpc) is 2.38. The zero-order valence-corrected chi connectivity index (χ0v) is 11.2. The fourth-order valence-corrected chi connectivity index (χ4v) is 1.83. The van der Waals surface area contributed by atoms with E-state index < -0.39 is 11.8 Å². The Balaban J connectivity index is 2.40. The summed E-state index contributed by atoms with van der Waals surface area (Å²) in [5.74, 6) is -0.905. The molecule has 2 rings (SSSR count). The maximum atomic E-state index is 13.3. The second-order valence-corrected chi connectivity index (χ2v) is 4.38. The minimum atomic E-state index is -0.602. The van der Waals surface area contributed by atoms with Crippen molar-refractivity contribution in [3.05, 3.63) is 46.9 Å². The summed E-state index contributed by atoms with van der Waals surface area (Å²) in [6.07, 6.45) is 1.37. The molecule has 3 N–H and O–H groups in total. The number of anilines is 3. The third-order valence-electron chi connectivity index (χ3n) is 2.44. The van der Waals surface area contributed by atoms with Crippen molar-refractivity contribution in [2.45, 2.75) is 0 Å². The van der Waals surface area contributed by atoms with E-state index in [1.807, 2.05) is 0 Å². The Bertz CT molecular complexity index is 644. The predicted octanol–water partition coefficient (Wildman–Crippen LogP) is 2.99. The first-order valence-electron chi connectivity index (χ1n) is 5.56. The van der Waals surface area contributed by atoms with E-state index in [1.54, 1.807) is 0 Å². The van der Waals surface area contributed by atoms with Crippen LogP contribution >= 0.6 is 11.6 Å². The quantitative estimate of drug-likeness (QED) is 0.851. The molecule has 1 aromatic heterocycles. The molecule has 1 aromatic carbocycles. The van der Waals surface area contributed by atoms with Gasteiger partial charge in [-0.05, 0) is 24.3 Å². The molecule has 0 saturated carbocycles. The molecule has 0 saturated heterocycles. The molecule has 0 atom stereocenters. The lowest BCUT2D eigenvalue weighted by atomic mass is 10.2. The van der Waals surface area contributed by atoms with Crippen molar-refractivity contribution in [1.82, 2.24) is 4.98 Å². The van der Waals surface area contributed by atoms with E-state index in [4.69, 9.17) is 17.3 Å². The third kappa shape index (κ3) is 3.16. The van der Waals surface area contributed by atoms with Gasteiger partial charge in [0, 0.05) is 10.7 Å². The lowest BCUT2D eigenvalue weighted by Gasteiger charge is -2.10. The molecule has 7 heteroatoms. The summed E-state index contributed by atoms with van der Waals surface area (Å²) in [6.45, 7) is 0. The standard InChI is InChI=1S/C13H11ClFN3O2/c1-20-13(19)11-5-9(16)6-17-12(11)18-10-3-7(14)2-8(15)4-10/h2-6H,16H2,1H3,(H,17,18). The van der Waals surface area contributed by atoms with Crippen molar-refractivity contribution in [3.63, 3.8) is 0 Å². The molecular formula is C13H11ClFN3O2. The number of nitrogen functional groups attached to an aromatic ring is 1. The lowest BCUT2D eigenvalue weighted by molar-refractivity contribution is 0.0601. The van der Waals surface area contributed by atoms with E-state index in [-0.39, 0.29) is 16.4 Å². The van der Waals surface area contributed by atoms with Crippen LogP contribution in [0.15, 0.2) is 30.5 Å². The van der Waals surface area contributed by atoms with E-state index in [0.29, 0.717) is 11.4 Å². The highest BCUT2D eigenvalue weighted by molar-refractivity contribution is 6.30. The number of ether oxygens (including phenoxy) is 1. The highest BCUT2D eigenvalue weighted by Gasteiger charge is 2.14. The molecule has 5 nitrogen and oxygen atoms in total. The van der Waals surface area contributed by atoms with Crippen molar-refractivity contribution in [3.8, 4) is 0 Å². The van der Waals surface area contributed by atoms with Crippen molar-refractivity contribution in [1.29, 1.82) is 0 Å². The molecular weight excluding hydrogens is 285 g/mol. The largest absolute Gasteiger partial charge is 0.465 e. The van der Waals surface area contributed by atoms with E-state index in [0.717, 1.165) is 0 Å². The molecule has 2 aromatic rings. The molecule has 20 heavy (non-hydrogen) atoms. The molecule has 0 bridgehead atoms. The van der Waals surface area contributed by atoms with Crippen LogP contribution in [0.5, 0.6) is 0 Å². The van der Waals surface area contributed by atoms with Gasteiger partial charge in [-0.15, -0.1) is 0 Å². The van der Waals surface area contributed by atoms with Gasteiger partial charge in [-0.1, -0.05) is 11.6 Å². The number of pyridine rings is 1. The maximum absolute atomic E-state index is 13.3. The molecule has 0 aliphatic carbocycles. The lowest BCUT2D eigenvalue weighted by Crippen LogP contribution is -2.08. The second kappa shape index (κ2) is 5.75. The number of hydrogen-bond donors (Lipinski definition) is 2. The van der Waals surface area contributed by atoms with Crippen molar-refractivity contribution in [2.24, 2.45) is 0 Å². The van der Waals surface area contributed by atoms with Crippen LogP contribution in [0.3, 0.4) is 0 Å². The first-order valence-corrected chi connectivity index (χ1v) is 5.94. The fraction of sp³-hybridized carbons (Fsp3) is 0.0769. The van der Waals surface area contributed by atoms with Gasteiger partial charge in [0.05, 0.1) is 19.0 Å². The monoisotopic (exact) mass is 295 g/mol. The number of carbonyl (C=O) groups excluding carboxylic acids is 1. The Morgan fingerprint density at radius 3 is 2.80 bits per heavy atom. The number of benzene rings is 1. The van der Waals surface area contributed by atoms with Crippen LogP contribution < -0.4 is 11.1 Å². The summed E-state index contributed by atoms with van der Waals surface area (Å²) in [5, 5.41) is 3.03. The number of rotatable bonds is 3. The highest BCUT2D eigenvalue weighted by atomic mass is 35.5. The Morgan fingerprint density at radius 1 is 1.40 bits per heavy atom. The molecule has 104 valence electrons. The van der Waals surface area contributed by atoms with Crippen LogP contribution in [0.1, 0.15) is 10.4 Å². The summed E-state index contributed by atoms with van der Waals surface area (Å²) in [5.41, 5.74) is 6.40. The third-order valence-corrected chi connectivity index (χ3v) is 2.66. The normalized spacial score (nSPS) is 10.2. The van der Waals surface area contributed by atoms with Crippen LogP contribution in [0.4, 0.5) is 21.6 Å². The minimum Gasteiger partial charge on any atom is -0.465 e. The number of halogens is 2. The topological polar surface area (TPSA) is 77.2 Å². The van der Waals surface area contributed by atoms with Gasteiger partial charge in [-0.25, -0.2) is 14.2 Å². The first-order chi connectivity index (χ1) is 9.49. The van der Waals surface area contributed by atoms with E-state index in [9.17, 15) is 9.18 Å². The average molecular weight is 296 g/mol. The van der Waals surface area contributed by atoms with Crippen LogP contribution in [0.25, 0.3) is 0 Å². The number of hydrogen-bond acceptors (Lipinski definition) is 5. The predicted molar refractivity (Wildman–Crippen MR) is 74.7 cm³/mol. The van der Waals surface area contributed by atoms with Gasteiger partial charge in [0.15, 0.2) is 0 Å². The first kappa shape index (κ1) is 14.1. The summed E-state index contributed by atoms with van der Waals surface area (Å²) in [4.78, 5) is 15.7. The van der Waals surface area contributed by atoms with E-state index in [2.05, 4.69) is 15.0 Å². The summed E-state index contributed by atoms with van der Waals surface area (Å²) in [7, 11) is 1.24. The molecule has 0 spiro atoms. The number of nitrogens with zero attached hydrogens (tertiary/aromatic N) is 1. The minimum absolute atomic E-state index is 0.146. The SMILES string of the molecule is COC(=O)c1cc(N)cnc1Nc1cc(F)cc(Cl)c1. The van der Waals surface area contributed by atoms with E-state index >= 15 is 0 Å². The van der Waals surface area contributed by atoms with Crippen LogP contribution in [0, 0.1) is 5.82 Å². The summed E-state index contributed by atoms with van der Waals surface area (Å²) in [6, 6.07) is 5.32. The van der Waals surface area contributed by atoms with Crippen molar-refractivity contribution >= 4 is 34.8 Å². The van der Waals surface area contributed by atoms with Gasteiger partial charge >= 0.3 is 5.97 Å². The van der Waals surface area contributed by atoms with E-state index in [1.165, 1.54) is 37.6 Å². The van der Waals surface area contributed by atoms with Gasteiger partial charge < -0.3 is 15.8 Å². The Morgan fingerprint density at radius 2 is 2.15 bits per heavy atom. The van der Waals surface area contributed by atoms with Crippen LogP contribution in [-0.2, 0) is 4.74 Å². The Hall–Kier alpha value is -2.34. The summed E-state index contributed by atoms with van der Waals surface area (Å²) >= 11 is 5.76. The zero-order chi connectivity index (χ0) is 14.7. The Labute approximate surface area is 119 Å². The molecule has 0 amide bonds. The van der Waals surface area contributed by atoms with Gasteiger partial charge in [0.1, 0.15) is 17.2 Å². The number of nitrogens with two attached hydrogens (primary N) is 1. The molecule has 0 aliphatic rings. The molecule has 0 aliphatic heterocycles. The second-order valence-electron chi connectivity index (χ2n) is 3.94. The van der Waals surface area contributed by atoms with Gasteiger partial charge in [0.2, 0.25) is 0 Å². The van der Waals surface area contributed by atoms with Crippen LogP contribution in [-0.4, -0.2) is 18.1 Å². The summed E-state index contributed by atoms with van der Waals surface area (Å²) < 4.78 is 17.9.